The summed E-state index contributed by atoms with van der Waals surface area (Å²) in [6.45, 7) is 3.97. The summed E-state index contributed by atoms with van der Waals surface area (Å²) in [5.41, 5.74) is 4.74. The van der Waals surface area contributed by atoms with Crippen LogP contribution < -0.4 is 0 Å². The highest BCUT2D eigenvalue weighted by atomic mass is 16.5. The summed E-state index contributed by atoms with van der Waals surface area (Å²) in [6, 6.07) is 13.9. The van der Waals surface area contributed by atoms with Gasteiger partial charge in [-0.1, -0.05) is 48.0 Å². The van der Waals surface area contributed by atoms with Crippen LogP contribution in [-0.2, 0) is 4.74 Å². The van der Waals surface area contributed by atoms with Crippen LogP contribution >= 0.6 is 0 Å². The molecule has 2 heteroatoms. The third-order valence-electron chi connectivity index (χ3n) is 3.28. The fraction of sp³-hybridized carbons (Fsp3) is 0.118. The molecule has 3 rings (SSSR count). The third-order valence-corrected chi connectivity index (χ3v) is 3.28. The SMILES string of the molecule is Cc1cccc(/C=C2/OC(=O)c3c(C)cccc32)c1. The molecule has 0 aromatic heterocycles. The Morgan fingerprint density at radius 1 is 1.05 bits per heavy atom. The topological polar surface area (TPSA) is 26.3 Å². The zero-order valence-corrected chi connectivity index (χ0v) is 10.9. The van der Waals surface area contributed by atoms with Crippen LogP contribution in [0.2, 0.25) is 0 Å². The van der Waals surface area contributed by atoms with Crippen molar-refractivity contribution in [2.45, 2.75) is 13.8 Å². The van der Waals surface area contributed by atoms with Crippen LogP contribution in [0.5, 0.6) is 0 Å². The van der Waals surface area contributed by atoms with Crippen molar-refractivity contribution in [3.05, 3.63) is 70.3 Å². The Morgan fingerprint density at radius 2 is 1.84 bits per heavy atom. The number of benzene rings is 2. The molecule has 2 nitrogen and oxygen atoms in total. The van der Waals surface area contributed by atoms with E-state index in [4.69, 9.17) is 4.74 Å². The van der Waals surface area contributed by atoms with Gasteiger partial charge in [-0.25, -0.2) is 4.79 Å². The molecule has 2 aromatic rings. The first kappa shape index (κ1) is 11.7. The molecule has 1 heterocycles. The van der Waals surface area contributed by atoms with E-state index >= 15 is 0 Å². The van der Waals surface area contributed by atoms with Crippen LogP contribution in [0.1, 0.15) is 32.6 Å². The second-order valence-corrected chi connectivity index (χ2v) is 4.81. The van der Waals surface area contributed by atoms with E-state index in [0.717, 1.165) is 16.7 Å². The first-order valence-electron chi connectivity index (χ1n) is 6.26. The molecule has 0 radical (unpaired) electrons. The lowest BCUT2D eigenvalue weighted by Gasteiger charge is -2.00. The summed E-state index contributed by atoms with van der Waals surface area (Å²) in [4.78, 5) is 11.9. The number of aryl methyl sites for hydroxylation is 2. The molecule has 0 unspecified atom stereocenters. The molecule has 1 aliphatic rings. The zero-order chi connectivity index (χ0) is 13.4. The van der Waals surface area contributed by atoms with Gasteiger partial charge in [0.05, 0.1) is 5.56 Å². The highest BCUT2D eigenvalue weighted by molar-refractivity contribution is 6.06. The Bertz CT molecular complexity index is 696. The molecule has 0 saturated carbocycles. The molecule has 94 valence electrons. The lowest BCUT2D eigenvalue weighted by atomic mass is 10.0. The number of esters is 1. The van der Waals surface area contributed by atoms with Crippen molar-refractivity contribution in [2.75, 3.05) is 0 Å². The number of carbonyl (C=O) groups excluding carboxylic acids is 1. The second-order valence-electron chi connectivity index (χ2n) is 4.81. The minimum absolute atomic E-state index is 0.257. The lowest BCUT2D eigenvalue weighted by molar-refractivity contribution is 0.0716. The molecule has 2 aromatic carbocycles. The van der Waals surface area contributed by atoms with Crippen LogP contribution in [0, 0.1) is 13.8 Å². The lowest BCUT2D eigenvalue weighted by Crippen LogP contribution is -1.96. The fourth-order valence-electron chi connectivity index (χ4n) is 2.37. The average molecular weight is 250 g/mol. The summed E-state index contributed by atoms with van der Waals surface area (Å²) in [5, 5.41) is 0. The van der Waals surface area contributed by atoms with Gasteiger partial charge < -0.3 is 4.74 Å². The van der Waals surface area contributed by atoms with Crippen LogP contribution in [0.25, 0.3) is 11.8 Å². The van der Waals surface area contributed by atoms with Crippen molar-refractivity contribution in [3.63, 3.8) is 0 Å². The molecule has 0 fully saturated rings. The Labute approximate surface area is 112 Å². The molecule has 19 heavy (non-hydrogen) atoms. The molecular formula is C17H14O2. The van der Waals surface area contributed by atoms with Crippen molar-refractivity contribution in [1.29, 1.82) is 0 Å². The number of cyclic esters (lactones) is 1. The maximum absolute atomic E-state index is 11.9. The van der Waals surface area contributed by atoms with E-state index in [1.54, 1.807) is 0 Å². The Balaban J connectivity index is 2.11. The maximum Gasteiger partial charge on any atom is 0.344 e. The average Bonchev–Trinajstić information content (AvgIpc) is 2.68. The fourth-order valence-corrected chi connectivity index (χ4v) is 2.37. The number of hydrogen-bond acceptors (Lipinski definition) is 2. The van der Waals surface area contributed by atoms with Gasteiger partial charge in [-0.05, 0) is 31.1 Å². The quantitative estimate of drug-likeness (QED) is 0.716. The van der Waals surface area contributed by atoms with Gasteiger partial charge in [0.15, 0.2) is 0 Å². The Morgan fingerprint density at radius 3 is 2.63 bits per heavy atom. The van der Waals surface area contributed by atoms with Gasteiger partial charge in [-0.2, -0.15) is 0 Å². The highest BCUT2D eigenvalue weighted by Crippen LogP contribution is 2.33. The predicted octanol–water partition coefficient (Wildman–Crippen LogP) is 3.97. The van der Waals surface area contributed by atoms with Crippen LogP contribution in [0.15, 0.2) is 42.5 Å². The van der Waals surface area contributed by atoms with Gasteiger partial charge in [0.2, 0.25) is 0 Å². The van der Waals surface area contributed by atoms with Gasteiger partial charge >= 0.3 is 5.97 Å². The monoisotopic (exact) mass is 250 g/mol. The minimum Gasteiger partial charge on any atom is -0.422 e. The Kier molecular flexibility index (Phi) is 2.71. The van der Waals surface area contributed by atoms with Gasteiger partial charge in [0.1, 0.15) is 5.76 Å². The summed E-state index contributed by atoms with van der Waals surface area (Å²) in [7, 11) is 0. The molecule has 0 N–H and O–H groups in total. The number of hydrogen-bond donors (Lipinski definition) is 0. The van der Waals surface area contributed by atoms with Crippen molar-refractivity contribution in [1.82, 2.24) is 0 Å². The van der Waals surface area contributed by atoms with E-state index < -0.39 is 0 Å². The summed E-state index contributed by atoms with van der Waals surface area (Å²) in [5.74, 6) is 0.376. The minimum atomic E-state index is -0.257. The van der Waals surface area contributed by atoms with Crippen molar-refractivity contribution in [2.24, 2.45) is 0 Å². The van der Waals surface area contributed by atoms with Gasteiger partial charge in [-0.3, -0.25) is 0 Å². The third kappa shape index (κ3) is 2.06. The van der Waals surface area contributed by atoms with Crippen molar-refractivity contribution < 1.29 is 9.53 Å². The van der Waals surface area contributed by atoms with E-state index in [1.807, 2.05) is 56.3 Å². The van der Waals surface area contributed by atoms with E-state index in [1.165, 1.54) is 5.56 Å². The molecule has 0 spiro atoms. The summed E-state index contributed by atoms with van der Waals surface area (Å²) >= 11 is 0. The first-order chi connectivity index (χ1) is 9.15. The standard InChI is InChI=1S/C17H14O2/c1-11-5-3-7-13(9-11)10-15-14-8-4-6-12(2)16(14)17(18)19-15/h3-10H,1-2H3/b15-10+. The number of fused-ring (bicyclic) bond motifs is 1. The molecular weight excluding hydrogens is 236 g/mol. The maximum atomic E-state index is 11.9. The summed E-state index contributed by atoms with van der Waals surface area (Å²) < 4.78 is 5.38. The molecule has 0 saturated heterocycles. The normalized spacial score (nSPS) is 15.5. The van der Waals surface area contributed by atoms with Crippen LogP contribution in [0.4, 0.5) is 0 Å². The highest BCUT2D eigenvalue weighted by Gasteiger charge is 2.27. The van der Waals surface area contributed by atoms with Gasteiger partial charge in [0.25, 0.3) is 0 Å². The molecule has 0 atom stereocenters. The zero-order valence-electron chi connectivity index (χ0n) is 10.9. The van der Waals surface area contributed by atoms with Gasteiger partial charge in [0, 0.05) is 5.56 Å². The van der Waals surface area contributed by atoms with Crippen molar-refractivity contribution >= 4 is 17.8 Å². The number of carbonyl (C=O) groups is 1. The molecule has 0 amide bonds. The largest absolute Gasteiger partial charge is 0.422 e. The van der Waals surface area contributed by atoms with E-state index in [-0.39, 0.29) is 5.97 Å². The molecule has 0 aliphatic carbocycles. The summed E-state index contributed by atoms with van der Waals surface area (Å²) in [6.07, 6.45) is 1.91. The van der Waals surface area contributed by atoms with Crippen LogP contribution in [-0.4, -0.2) is 5.97 Å². The van der Waals surface area contributed by atoms with Gasteiger partial charge in [-0.15, -0.1) is 0 Å². The van der Waals surface area contributed by atoms with Crippen LogP contribution in [0.3, 0.4) is 0 Å². The van der Waals surface area contributed by atoms with E-state index in [9.17, 15) is 4.79 Å². The molecule has 0 bridgehead atoms. The van der Waals surface area contributed by atoms with E-state index in [2.05, 4.69) is 6.07 Å². The second kappa shape index (κ2) is 4.39. The Hall–Kier alpha value is -2.35. The number of rotatable bonds is 1. The molecule has 1 aliphatic heterocycles. The smallest absolute Gasteiger partial charge is 0.344 e. The predicted molar refractivity (Wildman–Crippen MR) is 75.6 cm³/mol. The first-order valence-corrected chi connectivity index (χ1v) is 6.26. The van der Waals surface area contributed by atoms with Crippen molar-refractivity contribution in [3.8, 4) is 0 Å². The number of ether oxygens (including phenoxy) is 1. The van der Waals surface area contributed by atoms with E-state index in [0.29, 0.717) is 11.3 Å².